The van der Waals surface area contributed by atoms with E-state index in [1.807, 2.05) is 30.3 Å². The first kappa shape index (κ1) is 14.6. The molecule has 2 aromatic rings. The predicted octanol–water partition coefficient (Wildman–Crippen LogP) is 1.20. The van der Waals surface area contributed by atoms with Gasteiger partial charge < -0.3 is 15.6 Å². The number of nitrogens with one attached hydrogen (secondary N) is 2. The molecule has 1 heterocycles. The molecule has 2 rings (SSSR count). The van der Waals surface area contributed by atoms with Gasteiger partial charge in [-0.2, -0.15) is 0 Å². The number of carbonyl (C=O) groups is 2. The highest BCUT2D eigenvalue weighted by Gasteiger charge is 2.19. The molecular weight excluding hydrogens is 272 g/mol. The molecule has 110 valence electrons. The molecule has 1 aromatic heterocycles. The summed E-state index contributed by atoms with van der Waals surface area (Å²) in [6.45, 7) is 1.71. The van der Waals surface area contributed by atoms with Crippen LogP contribution in [0.25, 0.3) is 0 Å². The molecule has 7 heteroatoms. The molecule has 4 N–H and O–H groups in total. The molecule has 0 spiro atoms. The summed E-state index contributed by atoms with van der Waals surface area (Å²) in [5, 5.41) is 8.62. The van der Waals surface area contributed by atoms with Crippen LogP contribution in [-0.2, 0) is 11.2 Å². The summed E-state index contributed by atoms with van der Waals surface area (Å²) >= 11 is 0. The van der Waals surface area contributed by atoms with Gasteiger partial charge in [-0.1, -0.05) is 35.5 Å². The number of benzene rings is 1. The Balaban J connectivity index is 1.96. The molecule has 0 fully saturated rings. The Morgan fingerprint density at radius 2 is 2.05 bits per heavy atom. The van der Waals surface area contributed by atoms with Crippen molar-refractivity contribution in [2.45, 2.75) is 19.4 Å². The average Bonchev–Trinajstić information content (AvgIpc) is 2.84. The van der Waals surface area contributed by atoms with Crippen LogP contribution in [0, 0.1) is 6.92 Å². The summed E-state index contributed by atoms with van der Waals surface area (Å²) in [7, 11) is 0. The van der Waals surface area contributed by atoms with Gasteiger partial charge in [0.2, 0.25) is 5.91 Å². The monoisotopic (exact) mass is 288 g/mol. The summed E-state index contributed by atoms with van der Waals surface area (Å²) in [4.78, 5) is 23.3. The minimum atomic E-state index is -0.805. The van der Waals surface area contributed by atoms with Gasteiger partial charge in [0, 0.05) is 12.5 Å². The standard InChI is InChI=1S/C14H16N4O3/c1-9-7-12(18-21-9)17-14(20)16-11(13(15)19)8-10-5-3-2-4-6-10/h2-7,11H,8H2,1H3,(H2,15,19)(H2,16,17,18,20). The topological polar surface area (TPSA) is 110 Å². The van der Waals surface area contributed by atoms with Crippen molar-refractivity contribution < 1.29 is 14.1 Å². The van der Waals surface area contributed by atoms with Crippen molar-refractivity contribution in [1.82, 2.24) is 10.5 Å². The van der Waals surface area contributed by atoms with Gasteiger partial charge in [-0.15, -0.1) is 0 Å². The van der Waals surface area contributed by atoms with Crippen LogP contribution in [0.2, 0.25) is 0 Å². The number of nitrogens with two attached hydrogens (primary N) is 1. The van der Waals surface area contributed by atoms with E-state index in [2.05, 4.69) is 15.8 Å². The molecule has 1 atom stereocenters. The number of aryl methyl sites for hydroxylation is 1. The van der Waals surface area contributed by atoms with E-state index in [1.54, 1.807) is 13.0 Å². The Kier molecular flexibility index (Phi) is 4.55. The maximum absolute atomic E-state index is 11.8. The first-order chi connectivity index (χ1) is 10.0. The molecule has 0 bridgehead atoms. The van der Waals surface area contributed by atoms with Crippen LogP contribution in [-0.4, -0.2) is 23.1 Å². The second kappa shape index (κ2) is 6.56. The lowest BCUT2D eigenvalue weighted by molar-refractivity contribution is -0.119. The van der Waals surface area contributed by atoms with Crippen molar-refractivity contribution in [3.63, 3.8) is 0 Å². The number of hydrogen-bond donors (Lipinski definition) is 3. The second-order valence-corrected chi connectivity index (χ2v) is 4.57. The maximum Gasteiger partial charge on any atom is 0.321 e. The molecular formula is C14H16N4O3. The molecule has 0 aliphatic carbocycles. The van der Waals surface area contributed by atoms with Gasteiger partial charge in [0.05, 0.1) is 0 Å². The smallest absolute Gasteiger partial charge is 0.321 e. The van der Waals surface area contributed by atoms with Gasteiger partial charge in [0.15, 0.2) is 5.82 Å². The van der Waals surface area contributed by atoms with Crippen LogP contribution >= 0.6 is 0 Å². The fourth-order valence-corrected chi connectivity index (χ4v) is 1.81. The SMILES string of the molecule is Cc1cc(NC(=O)NC(Cc2ccccc2)C(N)=O)no1. The molecule has 7 nitrogen and oxygen atoms in total. The van der Waals surface area contributed by atoms with Gasteiger partial charge >= 0.3 is 6.03 Å². The van der Waals surface area contributed by atoms with Gasteiger partial charge in [0.1, 0.15) is 11.8 Å². The molecule has 0 saturated heterocycles. The van der Waals surface area contributed by atoms with E-state index in [-0.39, 0.29) is 5.82 Å². The van der Waals surface area contributed by atoms with Crippen molar-refractivity contribution in [3.8, 4) is 0 Å². The third-order valence-corrected chi connectivity index (χ3v) is 2.80. The summed E-state index contributed by atoms with van der Waals surface area (Å²) in [5.74, 6) is 0.235. The zero-order valence-corrected chi connectivity index (χ0v) is 11.5. The summed E-state index contributed by atoms with van der Waals surface area (Å²) in [5.41, 5.74) is 6.22. The van der Waals surface area contributed by atoms with E-state index in [4.69, 9.17) is 10.3 Å². The minimum absolute atomic E-state index is 0.271. The number of nitrogens with zero attached hydrogens (tertiary/aromatic N) is 1. The van der Waals surface area contributed by atoms with E-state index in [0.717, 1.165) is 5.56 Å². The third kappa shape index (κ3) is 4.34. The Bertz CT molecular complexity index is 624. The van der Waals surface area contributed by atoms with Crippen molar-refractivity contribution in [2.24, 2.45) is 5.73 Å². The van der Waals surface area contributed by atoms with E-state index in [1.165, 1.54) is 0 Å². The van der Waals surface area contributed by atoms with Crippen molar-refractivity contribution in [3.05, 3.63) is 47.7 Å². The molecule has 0 aliphatic rings. The van der Waals surface area contributed by atoms with Gasteiger partial charge in [0.25, 0.3) is 0 Å². The van der Waals surface area contributed by atoms with Crippen molar-refractivity contribution in [2.75, 3.05) is 5.32 Å². The van der Waals surface area contributed by atoms with Crippen LogP contribution < -0.4 is 16.4 Å². The quantitative estimate of drug-likeness (QED) is 0.767. The first-order valence-electron chi connectivity index (χ1n) is 6.38. The van der Waals surface area contributed by atoms with E-state index >= 15 is 0 Å². The lowest BCUT2D eigenvalue weighted by Gasteiger charge is -2.15. The minimum Gasteiger partial charge on any atom is -0.368 e. The Hall–Kier alpha value is -2.83. The highest BCUT2D eigenvalue weighted by Crippen LogP contribution is 2.07. The molecule has 1 unspecified atom stereocenters. The zero-order chi connectivity index (χ0) is 15.2. The lowest BCUT2D eigenvalue weighted by atomic mass is 10.1. The van der Waals surface area contributed by atoms with Gasteiger partial charge in [-0.3, -0.25) is 10.1 Å². The van der Waals surface area contributed by atoms with E-state index < -0.39 is 18.0 Å². The Morgan fingerprint density at radius 3 is 2.62 bits per heavy atom. The third-order valence-electron chi connectivity index (χ3n) is 2.80. The molecule has 0 aliphatic heterocycles. The van der Waals surface area contributed by atoms with Crippen molar-refractivity contribution >= 4 is 17.8 Å². The zero-order valence-electron chi connectivity index (χ0n) is 11.5. The fourth-order valence-electron chi connectivity index (χ4n) is 1.81. The van der Waals surface area contributed by atoms with Gasteiger partial charge in [-0.05, 0) is 12.5 Å². The first-order valence-corrected chi connectivity index (χ1v) is 6.38. The number of anilines is 1. The van der Waals surface area contributed by atoms with Crippen LogP contribution in [0.15, 0.2) is 40.9 Å². The summed E-state index contributed by atoms with van der Waals surface area (Å²) in [6, 6.07) is 9.49. The normalized spacial score (nSPS) is 11.7. The Morgan fingerprint density at radius 1 is 1.33 bits per heavy atom. The molecule has 1 aromatic carbocycles. The largest absolute Gasteiger partial charge is 0.368 e. The lowest BCUT2D eigenvalue weighted by Crippen LogP contribution is -2.47. The van der Waals surface area contributed by atoms with Crippen molar-refractivity contribution in [1.29, 1.82) is 0 Å². The Labute approximate surface area is 121 Å². The molecule has 0 saturated carbocycles. The predicted molar refractivity (Wildman–Crippen MR) is 76.5 cm³/mol. The number of hydrogen-bond acceptors (Lipinski definition) is 4. The fraction of sp³-hybridized carbons (Fsp3) is 0.214. The summed E-state index contributed by atoms with van der Waals surface area (Å²) in [6.07, 6.45) is 0.321. The van der Waals surface area contributed by atoms with Crippen LogP contribution in [0.4, 0.5) is 10.6 Å². The van der Waals surface area contributed by atoms with E-state index in [0.29, 0.717) is 12.2 Å². The average molecular weight is 288 g/mol. The number of primary amides is 1. The number of rotatable bonds is 5. The van der Waals surface area contributed by atoms with Crippen LogP contribution in [0.5, 0.6) is 0 Å². The maximum atomic E-state index is 11.8. The molecule has 0 radical (unpaired) electrons. The number of amides is 3. The highest BCUT2D eigenvalue weighted by molar-refractivity contribution is 5.92. The van der Waals surface area contributed by atoms with Crippen LogP contribution in [0.1, 0.15) is 11.3 Å². The van der Waals surface area contributed by atoms with Gasteiger partial charge in [-0.25, -0.2) is 4.79 Å². The highest BCUT2D eigenvalue weighted by atomic mass is 16.5. The summed E-state index contributed by atoms with van der Waals surface area (Å²) < 4.78 is 4.83. The number of carbonyl (C=O) groups excluding carboxylic acids is 2. The molecule has 21 heavy (non-hydrogen) atoms. The molecule has 3 amide bonds. The number of urea groups is 1. The van der Waals surface area contributed by atoms with E-state index in [9.17, 15) is 9.59 Å². The number of aromatic nitrogens is 1. The second-order valence-electron chi connectivity index (χ2n) is 4.57. The van der Waals surface area contributed by atoms with Crippen LogP contribution in [0.3, 0.4) is 0 Å².